The van der Waals surface area contributed by atoms with Crippen LogP contribution in [0.5, 0.6) is 0 Å². The largest absolute Gasteiger partial charge is 0.463 e. The molecule has 23 heavy (non-hydrogen) atoms. The molecule has 122 valence electrons. The molecule has 2 aromatic heterocycles. The number of likely N-dealkylation sites (tertiary alicyclic amines) is 1. The molecule has 6 nitrogen and oxygen atoms in total. The zero-order valence-corrected chi connectivity index (χ0v) is 13.2. The Morgan fingerprint density at radius 2 is 2.17 bits per heavy atom. The highest BCUT2D eigenvalue weighted by Crippen LogP contribution is 2.28. The summed E-state index contributed by atoms with van der Waals surface area (Å²) in [6, 6.07) is 6.35. The van der Waals surface area contributed by atoms with Gasteiger partial charge in [0.1, 0.15) is 11.3 Å². The molecular formula is C17H20N2O4. The van der Waals surface area contributed by atoms with Crippen LogP contribution in [0.25, 0.3) is 11.5 Å². The normalized spacial score (nSPS) is 18.4. The van der Waals surface area contributed by atoms with Crippen LogP contribution in [-0.2, 0) is 0 Å². The molecule has 1 aliphatic rings. The topological polar surface area (TPSA) is 86.5 Å². The smallest absolute Gasteiger partial charge is 0.261 e. The highest BCUT2D eigenvalue weighted by Gasteiger charge is 2.39. The van der Waals surface area contributed by atoms with Gasteiger partial charge in [-0.1, -0.05) is 0 Å². The fraction of sp³-hybridized carbons (Fsp3) is 0.412. The second-order valence-electron chi connectivity index (χ2n) is 6.40. The Morgan fingerprint density at radius 1 is 1.39 bits per heavy atom. The molecular weight excluding hydrogens is 296 g/mol. The van der Waals surface area contributed by atoms with Gasteiger partial charge in [0.05, 0.1) is 23.6 Å². The number of furan rings is 1. The van der Waals surface area contributed by atoms with Gasteiger partial charge >= 0.3 is 0 Å². The number of nitrogens with one attached hydrogen (secondary N) is 1. The van der Waals surface area contributed by atoms with Crippen LogP contribution in [0.4, 0.5) is 0 Å². The van der Waals surface area contributed by atoms with Gasteiger partial charge in [-0.3, -0.25) is 9.59 Å². The van der Waals surface area contributed by atoms with Crippen molar-refractivity contribution in [3.8, 4) is 11.5 Å². The van der Waals surface area contributed by atoms with Crippen molar-refractivity contribution in [1.82, 2.24) is 9.88 Å². The standard InChI is InChI=1S/C17H20N2O4/c1-17(2,22)14-6-3-9-19(14)16(21)11-7-8-12(18-15(11)20)13-5-4-10-23-13/h4-5,7-8,10,14,22H,3,6,9H2,1-2H3,(H,18,20). The number of hydrogen-bond donors (Lipinski definition) is 2. The lowest BCUT2D eigenvalue weighted by atomic mass is 9.96. The van der Waals surface area contributed by atoms with Crippen LogP contribution in [0, 0.1) is 0 Å². The van der Waals surface area contributed by atoms with E-state index in [0.29, 0.717) is 18.0 Å². The van der Waals surface area contributed by atoms with Gasteiger partial charge < -0.3 is 19.4 Å². The highest BCUT2D eigenvalue weighted by molar-refractivity contribution is 5.94. The van der Waals surface area contributed by atoms with Gasteiger partial charge in [0.2, 0.25) is 0 Å². The van der Waals surface area contributed by atoms with Gasteiger partial charge in [-0.05, 0) is 51.0 Å². The van der Waals surface area contributed by atoms with E-state index in [0.717, 1.165) is 12.8 Å². The summed E-state index contributed by atoms with van der Waals surface area (Å²) in [5.74, 6) is 0.193. The van der Waals surface area contributed by atoms with Crippen molar-refractivity contribution in [2.75, 3.05) is 6.54 Å². The van der Waals surface area contributed by atoms with E-state index in [-0.39, 0.29) is 17.5 Å². The Hall–Kier alpha value is -2.34. The second-order valence-corrected chi connectivity index (χ2v) is 6.40. The van der Waals surface area contributed by atoms with Crippen molar-refractivity contribution in [3.05, 3.63) is 46.4 Å². The quantitative estimate of drug-likeness (QED) is 0.907. The number of pyridine rings is 1. The average Bonchev–Trinajstić information content (AvgIpc) is 3.17. The van der Waals surface area contributed by atoms with Crippen molar-refractivity contribution in [2.24, 2.45) is 0 Å². The van der Waals surface area contributed by atoms with Crippen LogP contribution < -0.4 is 5.56 Å². The highest BCUT2D eigenvalue weighted by atomic mass is 16.3. The van der Waals surface area contributed by atoms with E-state index in [2.05, 4.69) is 4.98 Å². The third-order valence-corrected chi connectivity index (χ3v) is 4.26. The number of amides is 1. The summed E-state index contributed by atoms with van der Waals surface area (Å²) >= 11 is 0. The molecule has 3 rings (SSSR count). The average molecular weight is 316 g/mol. The first-order valence-corrected chi connectivity index (χ1v) is 7.68. The Labute approximate surface area is 133 Å². The number of H-pyrrole nitrogens is 1. The third kappa shape index (κ3) is 2.94. The summed E-state index contributed by atoms with van der Waals surface area (Å²) in [6.45, 7) is 3.92. The van der Waals surface area contributed by atoms with Crippen LogP contribution in [0.15, 0.2) is 39.7 Å². The van der Waals surface area contributed by atoms with Crippen LogP contribution in [0.3, 0.4) is 0 Å². The molecule has 1 atom stereocenters. The van der Waals surface area contributed by atoms with Crippen molar-refractivity contribution in [3.63, 3.8) is 0 Å². The lowest BCUT2D eigenvalue weighted by Gasteiger charge is -2.33. The summed E-state index contributed by atoms with van der Waals surface area (Å²) in [6.07, 6.45) is 3.07. The summed E-state index contributed by atoms with van der Waals surface area (Å²) in [4.78, 5) is 29.2. The van der Waals surface area contributed by atoms with E-state index in [4.69, 9.17) is 4.42 Å². The molecule has 1 fully saturated rings. The van der Waals surface area contributed by atoms with Crippen LogP contribution >= 0.6 is 0 Å². The van der Waals surface area contributed by atoms with Gasteiger partial charge in [-0.25, -0.2) is 0 Å². The molecule has 1 amide bonds. The Balaban J connectivity index is 1.90. The molecule has 2 aromatic rings. The Bertz CT molecular complexity index is 756. The SMILES string of the molecule is CC(C)(O)C1CCCN1C(=O)c1ccc(-c2ccco2)[nH]c1=O. The van der Waals surface area contributed by atoms with Gasteiger partial charge in [-0.15, -0.1) is 0 Å². The first-order chi connectivity index (χ1) is 10.9. The van der Waals surface area contributed by atoms with E-state index in [1.165, 1.54) is 12.3 Å². The second kappa shape index (κ2) is 5.70. The molecule has 2 N–H and O–H groups in total. The summed E-state index contributed by atoms with van der Waals surface area (Å²) < 4.78 is 5.24. The van der Waals surface area contributed by atoms with Crippen LogP contribution in [-0.4, -0.2) is 39.1 Å². The number of hydrogen-bond acceptors (Lipinski definition) is 4. The maximum absolute atomic E-state index is 12.7. The van der Waals surface area contributed by atoms with E-state index in [9.17, 15) is 14.7 Å². The van der Waals surface area contributed by atoms with E-state index >= 15 is 0 Å². The summed E-state index contributed by atoms with van der Waals surface area (Å²) in [5, 5.41) is 10.2. The molecule has 1 aliphatic heterocycles. The van der Waals surface area contributed by atoms with Gasteiger partial charge in [-0.2, -0.15) is 0 Å². The summed E-state index contributed by atoms with van der Waals surface area (Å²) in [5.41, 5.74) is -0.841. The minimum atomic E-state index is -0.993. The first kappa shape index (κ1) is 15.6. The van der Waals surface area contributed by atoms with Crippen molar-refractivity contribution >= 4 is 5.91 Å². The maximum Gasteiger partial charge on any atom is 0.261 e. The molecule has 0 spiro atoms. The molecule has 0 aromatic carbocycles. The van der Waals surface area contributed by atoms with Crippen LogP contribution in [0.2, 0.25) is 0 Å². The Morgan fingerprint density at radius 3 is 2.78 bits per heavy atom. The minimum Gasteiger partial charge on any atom is -0.463 e. The third-order valence-electron chi connectivity index (χ3n) is 4.26. The number of aliphatic hydroxyl groups is 1. The molecule has 6 heteroatoms. The van der Waals surface area contributed by atoms with Gasteiger partial charge in [0.25, 0.3) is 11.5 Å². The number of nitrogens with zero attached hydrogens (tertiary/aromatic N) is 1. The van der Waals surface area contributed by atoms with Crippen LogP contribution in [0.1, 0.15) is 37.0 Å². The first-order valence-electron chi connectivity index (χ1n) is 7.68. The Kier molecular flexibility index (Phi) is 3.85. The lowest BCUT2D eigenvalue weighted by molar-refractivity contribution is 0.000265. The number of carbonyl (C=O) groups excluding carboxylic acids is 1. The lowest BCUT2D eigenvalue weighted by Crippen LogP contribution is -2.49. The molecule has 1 saturated heterocycles. The number of rotatable bonds is 3. The van der Waals surface area contributed by atoms with Crippen molar-refractivity contribution < 1.29 is 14.3 Å². The fourth-order valence-corrected chi connectivity index (χ4v) is 3.12. The number of aromatic nitrogens is 1. The zero-order valence-electron chi connectivity index (χ0n) is 13.2. The molecule has 0 saturated carbocycles. The van der Waals surface area contributed by atoms with Gasteiger partial charge in [0, 0.05) is 6.54 Å². The molecule has 3 heterocycles. The predicted octanol–water partition coefficient (Wildman–Crippen LogP) is 2.01. The molecule has 1 unspecified atom stereocenters. The van der Waals surface area contributed by atoms with E-state index < -0.39 is 11.2 Å². The van der Waals surface area contributed by atoms with E-state index in [1.807, 2.05) is 0 Å². The summed E-state index contributed by atoms with van der Waals surface area (Å²) in [7, 11) is 0. The van der Waals surface area contributed by atoms with Crippen molar-refractivity contribution in [2.45, 2.75) is 38.3 Å². The number of carbonyl (C=O) groups is 1. The monoisotopic (exact) mass is 316 g/mol. The van der Waals surface area contributed by atoms with Gasteiger partial charge in [0.15, 0.2) is 0 Å². The predicted molar refractivity (Wildman–Crippen MR) is 85.1 cm³/mol. The zero-order chi connectivity index (χ0) is 16.6. The fourth-order valence-electron chi connectivity index (χ4n) is 3.12. The van der Waals surface area contributed by atoms with E-state index in [1.54, 1.807) is 36.9 Å². The molecule has 0 bridgehead atoms. The van der Waals surface area contributed by atoms with Crippen molar-refractivity contribution in [1.29, 1.82) is 0 Å². The number of aromatic amines is 1. The maximum atomic E-state index is 12.7. The molecule has 0 radical (unpaired) electrons. The molecule has 0 aliphatic carbocycles. The minimum absolute atomic E-state index is 0.0801.